The van der Waals surface area contributed by atoms with Crippen molar-refractivity contribution < 1.29 is 9.59 Å². The summed E-state index contributed by atoms with van der Waals surface area (Å²) in [6.07, 6.45) is 0.399. The van der Waals surface area contributed by atoms with Crippen LogP contribution in [0.15, 0.2) is 90.3 Å². The van der Waals surface area contributed by atoms with Gasteiger partial charge in [-0.15, -0.1) is 11.3 Å². The molecule has 1 aromatic heterocycles. The average molecular weight is 427 g/mol. The maximum absolute atomic E-state index is 12.1. The van der Waals surface area contributed by atoms with Crippen LogP contribution in [0.25, 0.3) is 21.8 Å². The fraction of sp³-hybridized carbons (Fsp3) is 0.115. The first kappa shape index (κ1) is 20.7. The van der Waals surface area contributed by atoms with Crippen LogP contribution in [0, 0.1) is 0 Å². The van der Waals surface area contributed by atoms with Gasteiger partial charge in [0, 0.05) is 41.5 Å². The van der Waals surface area contributed by atoms with Crippen molar-refractivity contribution in [2.24, 2.45) is 0 Å². The molecule has 3 aromatic carbocycles. The number of aromatic nitrogens is 1. The molecular weight excluding hydrogens is 404 g/mol. The number of carbonyl (C=O) groups excluding carboxylic acids is 2. The van der Waals surface area contributed by atoms with Crippen molar-refractivity contribution in [2.75, 3.05) is 0 Å². The molecule has 0 spiro atoms. The summed E-state index contributed by atoms with van der Waals surface area (Å²) in [7, 11) is 0. The standard InChI is InChI=1S/C26H22N2O2S/c29-24(21-9-5-2-6-10-21)15-16-25(30)27-17-19-11-13-22(14-12-19)26-28-23(18-31-26)20-7-3-1-4-8-20/h1-14,18H,15-17H2,(H,27,30). The molecule has 0 aliphatic heterocycles. The zero-order valence-electron chi connectivity index (χ0n) is 17.0. The number of thiazole rings is 1. The number of hydrogen-bond donors (Lipinski definition) is 1. The highest BCUT2D eigenvalue weighted by molar-refractivity contribution is 7.13. The smallest absolute Gasteiger partial charge is 0.220 e. The van der Waals surface area contributed by atoms with Crippen LogP contribution < -0.4 is 5.32 Å². The first-order valence-electron chi connectivity index (χ1n) is 10.1. The SMILES string of the molecule is O=C(CCC(=O)c1ccccc1)NCc1ccc(-c2nc(-c3ccccc3)cs2)cc1. The van der Waals surface area contributed by atoms with Crippen molar-refractivity contribution in [3.63, 3.8) is 0 Å². The van der Waals surface area contributed by atoms with Gasteiger partial charge in [-0.1, -0.05) is 84.9 Å². The van der Waals surface area contributed by atoms with Gasteiger partial charge in [-0.05, 0) is 5.56 Å². The summed E-state index contributed by atoms with van der Waals surface area (Å²) in [4.78, 5) is 28.9. The van der Waals surface area contributed by atoms with Crippen molar-refractivity contribution in [2.45, 2.75) is 19.4 Å². The number of benzene rings is 3. The van der Waals surface area contributed by atoms with Crippen molar-refractivity contribution in [3.8, 4) is 21.8 Å². The minimum absolute atomic E-state index is 0.0153. The van der Waals surface area contributed by atoms with E-state index in [9.17, 15) is 9.59 Å². The van der Waals surface area contributed by atoms with E-state index >= 15 is 0 Å². The fourth-order valence-electron chi connectivity index (χ4n) is 3.20. The predicted octanol–water partition coefficient (Wildman–Crippen LogP) is 5.76. The number of nitrogens with one attached hydrogen (secondary N) is 1. The molecular formula is C26H22N2O2S. The Morgan fingerprint density at radius 2 is 1.45 bits per heavy atom. The zero-order chi connectivity index (χ0) is 21.5. The van der Waals surface area contributed by atoms with Crippen LogP contribution in [0.4, 0.5) is 0 Å². The van der Waals surface area contributed by atoms with Gasteiger partial charge >= 0.3 is 0 Å². The monoisotopic (exact) mass is 426 g/mol. The second kappa shape index (κ2) is 9.96. The van der Waals surface area contributed by atoms with E-state index in [-0.39, 0.29) is 24.5 Å². The molecule has 154 valence electrons. The van der Waals surface area contributed by atoms with Gasteiger partial charge in [-0.3, -0.25) is 9.59 Å². The second-order valence-electron chi connectivity index (χ2n) is 7.17. The van der Waals surface area contributed by atoms with Crippen LogP contribution >= 0.6 is 11.3 Å². The van der Waals surface area contributed by atoms with E-state index < -0.39 is 0 Å². The molecule has 4 aromatic rings. The maximum atomic E-state index is 12.1. The quantitative estimate of drug-likeness (QED) is 0.365. The summed E-state index contributed by atoms with van der Waals surface area (Å²) in [5, 5.41) is 5.92. The molecule has 0 fully saturated rings. The van der Waals surface area contributed by atoms with Gasteiger partial charge in [0.2, 0.25) is 5.91 Å². The zero-order valence-corrected chi connectivity index (χ0v) is 17.8. The van der Waals surface area contributed by atoms with Gasteiger partial charge in [0.15, 0.2) is 5.78 Å². The summed E-state index contributed by atoms with van der Waals surface area (Å²) in [5.41, 5.74) is 4.78. The lowest BCUT2D eigenvalue weighted by Crippen LogP contribution is -2.23. The lowest BCUT2D eigenvalue weighted by atomic mass is 10.1. The lowest BCUT2D eigenvalue weighted by molar-refractivity contribution is -0.121. The van der Waals surface area contributed by atoms with E-state index in [0.717, 1.165) is 27.4 Å². The van der Waals surface area contributed by atoms with E-state index in [0.29, 0.717) is 12.1 Å². The van der Waals surface area contributed by atoms with E-state index in [1.807, 2.05) is 60.7 Å². The highest BCUT2D eigenvalue weighted by Gasteiger charge is 2.10. The molecule has 1 heterocycles. The summed E-state index contributed by atoms with van der Waals surface area (Å²) in [6.45, 7) is 0.436. The number of Topliss-reactive ketones (excluding diaryl/α,β-unsaturated/α-hetero) is 1. The summed E-state index contributed by atoms with van der Waals surface area (Å²) in [6, 6.07) is 27.2. The van der Waals surface area contributed by atoms with Crippen molar-refractivity contribution in [3.05, 3.63) is 101 Å². The first-order chi connectivity index (χ1) is 15.2. The third kappa shape index (κ3) is 5.53. The van der Waals surface area contributed by atoms with Crippen LogP contribution in [0.1, 0.15) is 28.8 Å². The molecule has 0 unspecified atom stereocenters. The van der Waals surface area contributed by atoms with Gasteiger partial charge in [-0.25, -0.2) is 4.98 Å². The van der Waals surface area contributed by atoms with Crippen LogP contribution in [0.5, 0.6) is 0 Å². The van der Waals surface area contributed by atoms with E-state index in [2.05, 4.69) is 22.8 Å². The van der Waals surface area contributed by atoms with Crippen molar-refractivity contribution in [1.82, 2.24) is 10.3 Å². The largest absolute Gasteiger partial charge is 0.352 e. The molecule has 4 rings (SSSR count). The Labute approximate surface area is 185 Å². The van der Waals surface area contributed by atoms with Gasteiger partial charge in [0.1, 0.15) is 5.01 Å². The number of ketones is 1. The Morgan fingerprint density at radius 1 is 0.774 bits per heavy atom. The van der Waals surface area contributed by atoms with Crippen LogP contribution in [0.2, 0.25) is 0 Å². The number of hydrogen-bond acceptors (Lipinski definition) is 4. The van der Waals surface area contributed by atoms with Gasteiger partial charge < -0.3 is 5.32 Å². The summed E-state index contributed by atoms with van der Waals surface area (Å²) in [5.74, 6) is -0.140. The topological polar surface area (TPSA) is 59.1 Å². The lowest BCUT2D eigenvalue weighted by Gasteiger charge is -2.06. The summed E-state index contributed by atoms with van der Waals surface area (Å²) >= 11 is 1.62. The maximum Gasteiger partial charge on any atom is 0.220 e. The van der Waals surface area contributed by atoms with Crippen molar-refractivity contribution in [1.29, 1.82) is 0 Å². The number of rotatable bonds is 8. The Morgan fingerprint density at radius 3 is 2.16 bits per heavy atom. The molecule has 0 saturated heterocycles. The molecule has 0 saturated carbocycles. The Bertz CT molecular complexity index is 1150. The molecule has 0 atom stereocenters. The molecule has 0 bridgehead atoms. The number of amides is 1. The van der Waals surface area contributed by atoms with Gasteiger partial charge in [0.25, 0.3) is 0 Å². The van der Waals surface area contributed by atoms with Crippen LogP contribution in [-0.2, 0) is 11.3 Å². The molecule has 0 aliphatic carbocycles. The Balaban J connectivity index is 1.28. The first-order valence-corrected chi connectivity index (χ1v) is 11.0. The van der Waals surface area contributed by atoms with Crippen LogP contribution in [-0.4, -0.2) is 16.7 Å². The van der Waals surface area contributed by atoms with E-state index in [1.54, 1.807) is 23.5 Å². The number of carbonyl (C=O) groups is 2. The summed E-state index contributed by atoms with van der Waals surface area (Å²) < 4.78 is 0. The highest BCUT2D eigenvalue weighted by atomic mass is 32.1. The van der Waals surface area contributed by atoms with E-state index in [4.69, 9.17) is 4.98 Å². The molecule has 5 heteroatoms. The fourth-order valence-corrected chi connectivity index (χ4v) is 4.03. The van der Waals surface area contributed by atoms with Crippen LogP contribution in [0.3, 0.4) is 0 Å². The Kier molecular flexibility index (Phi) is 6.65. The minimum Gasteiger partial charge on any atom is -0.352 e. The minimum atomic E-state index is -0.124. The van der Waals surface area contributed by atoms with Crippen molar-refractivity contribution >= 4 is 23.0 Å². The molecule has 0 aliphatic rings. The molecule has 0 radical (unpaired) electrons. The molecule has 1 amide bonds. The average Bonchev–Trinajstić information content (AvgIpc) is 3.33. The van der Waals surface area contributed by atoms with Gasteiger partial charge in [0.05, 0.1) is 5.69 Å². The molecule has 1 N–H and O–H groups in total. The Hall–Kier alpha value is -3.57. The number of nitrogens with zero attached hydrogens (tertiary/aromatic N) is 1. The normalized spacial score (nSPS) is 10.6. The third-order valence-corrected chi connectivity index (χ3v) is 5.83. The molecule has 4 nitrogen and oxygen atoms in total. The predicted molar refractivity (Wildman–Crippen MR) is 125 cm³/mol. The highest BCUT2D eigenvalue weighted by Crippen LogP contribution is 2.28. The second-order valence-corrected chi connectivity index (χ2v) is 8.02. The molecule has 31 heavy (non-hydrogen) atoms. The van der Waals surface area contributed by atoms with E-state index in [1.165, 1.54) is 0 Å². The van der Waals surface area contributed by atoms with Gasteiger partial charge in [-0.2, -0.15) is 0 Å². The third-order valence-electron chi connectivity index (χ3n) is 4.94.